The third-order valence-electron chi connectivity index (χ3n) is 4.31. The van der Waals surface area contributed by atoms with Crippen molar-refractivity contribution >= 4 is 22.8 Å². The zero-order valence-electron chi connectivity index (χ0n) is 13.0. The summed E-state index contributed by atoms with van der Waals surface area (Å²) in [5, 5.41) is 1.06. The lowest BCUT2D eigenvalue weighted by Crippen LogP contribution is -2.32. The molecule has 0 unspecified atom stereocenters. The van der Waals surface area contributed by atoms with Crippen molar-refractivity contribution in [3.05, 3.63) is 35.5 Å². The summed E-state index contributed by atoms with van der Waals surface area (Å²) in [5.41, 5.74) is 2.60. The van der Waals surface area contributed by atoms with E-state index in [-0.39, 0.29) is 18.4 Å². The van der Waals surface area contributed by atoms with Gasteiger partial charge >= 0.3 is 5.97 Å². The number of ether oxygens (including phenoxy) is 1. The summed E-state index contributed by atoms with van der Waals surface area (Å²) < 4.78 is 6.60. The molecule has 2 heterocycles. The number of aryl methyl sites for hydroxylation is 1. The molecule has 0 spiro atoms. The molecule has 2 aromatic rings. The second kappa shape index (κ2) is 5.83. The van der Waals surface area contributed by atoms with Gasteiger partial charge in [-0.15, -0.1) is 0 Å². The molecule has 5 nitrogen and oxygen atoms in total. The van der Waals surface area contributed by atoms with Crippen molar-refractivity contribution in [1.82, 2.24) is 9.47 Å². The van der Waals surface area contributed by atoms with Gasteiger partial charge in [0.15, 0.2) is 0 Å². The van der Waals surface area contributed by atoms with E-state index in [9.17, 15) is 9.59 Å². The summed E-state index contributed by atoms with van der Waals surface area (Å²) in [6.45, 7) is 0.809. The van der Waals surface area contributed by atoms with Crippen LogP contribution in [0.2, 0.25) is 0 Å². The summed E-state index contributed by atoms with van der Waals surface area (Å²) in [5.74, 6) is -0.365. The van der Waals surface area contributed by atoms with Gasteiger partial charge in [-0.3, -0.25) is 9.59 Å². The Bertz CT molecular complexity index is 733. The van der Waals surface area contributed by atoms with Crippen molar-refractivity contribution in [3.8, 4) is 0 Å². The van der Waals surface area contributed by atoms with E-state index >= 15 is 0 Å². The first-order valence-corrected chi connectivity index (χ1v) is 7.56. The number of rotatable bonds is 2. The third kappa shape index (κ3) is 2.36. The van der Waals surface area contributed by atoms with E-state index in [1.165, 1.54) is 7.11 Å². The number of aromatic nitrogens is 1. The van der Waals surface area contributed by atoms with Crippen molar-refractivity contribution in [2.45, 2.75) is 25.8 Å². The molecule has 0 radical (unpaired) electrons. The Hall–Kier alpha value is -2.30. The fourth-order valence-electron chi connectivity index (χ4n) is 3.16. The van der Waals surface area contributed by atoms with E-state index < -0.39 is 0 Å². The van der Waals surface area contributed by atoms with Crippen LogP contribution in [0.25, 0.3) is 10.9 Å². The Morgan fingerprint density at radius 1 is 1.27 bits per heavy atom. The van der Waals surface area contributed by atoms with Crippen molar-refractivity contribution in [2.75, 3.05) is 20.7 Å². The molecular weight excluding hydrogens is 280 g/mol. The summed E-state index contributed by atoms with van der Waals surface area (Å²) in [6, 6.07) is 7.88. The quantitative estimate of drug-likeness (QED) is 0.799. The minimum Gasteiger partial charge on any atom is -0.468 e. The highest BCUT2D eigenvalue weighted by molar-refractivity contribution is 6.02. The topological polar surface area (TPSA) is 51.5 Å². The highest BCUT2D eigenvalue weighted by Crippen LogP contribution is 2.30. The molecule has 1 aromatic carbocycles. The first-order chi connectivity index (χ1) is 10.6. The van der Waals surface area contributed by atoms with Gasteiger partial charge in [-0.2, -0.15) is 0 Å². The van der Waals surface area contributed by atoms with Gasteiger partial charge in [-0.1, -0.05) is 18.2 Å². The van der Waals surface area contributed by atoms with Crippen LogP contribution in [-0.4, -0.2) is 42.0 Å². The molecule has 0 aliphatic carbocycles. The van der Waals surface area contributed by atoms with Gasteiger partial charge in [0.2, 0.25) is 0 Å². The molecule has 22 heavy (non-hydrogen) atoms. The van der Waals surface area contributed by atoms with Gasteiger partial charge in [0.25, 0.3) is 5.91 Å². The third-order valence-corrected chi connectivity index (χ3v) is 4.31. The normalized spacial score (nSPS) is 15.4. The minimum atomic E-state index is -0.346. The zero-order valence-corrected chi connectivity index (χ0v) is 13.0. The second-order valence-electron chi connectivity index (χ2n) is 5.69. The molecule has 0 saturated carbocycles. The molecule has 0 N–H and O–H groups in total. The van der Waals surface area contributed by atoms with Crippen molar-refractivity contribution in [3.63, 3.8) is 0 Å². The Labute approximate surface area is 129 Å². The van der Waals surface area contributed by atoms with Crippen LogP contribution in [-0.2, 0) is 22.5 Å². The first kappa shape index (κ1) is 14.6. The fraction of sp³-hybridized carbons (Fsp3) is 0.412. The molecule has 116 valence electrons. The van der Waals surface area contributed by atoms with E-state index in [0.29, 0.717) is 5.69 Å². The van der Waals surface area contributed by atoms with Crippen LogP contribution in [0, 0.1) is 0 Å². The predicted octanol–water partition coefficient (Wildman–Crippen LogP) is 2.22. The van der Waals surface area contributed by atoms with Crippen LogP contribution in [0.1, 0.15) is 28.9 Å². The van der Waals surface area contributed by atoms with E-state index in [4.69, 9.17) is 4.74 Å². The Balaban J connectivity index is 2.25. The standard InChI is InChI=1S/C17H20N2O3/c1-18-10-6-5-8-13-12-7-3-4-9-14(12)19(11-15(20)22-2)16(13)17(18)21/h3-4,7,9H,5-6,8,10-11H2,1-2H3. The average molecular weight is 300 g/mol. The second-order valence-corrected chi connectivity index (χ2v) is 5.69. The maximum atomic E-state index is 12.8. The number of hydrogen-bond acceptors (Lipinski definition) is 3. The Morgan fingerprint density at radius 3 is 2.82 bits per heavy atom. The summed E-state index contributed by atoms with van der Waals surface area (Å²) >= 11 is 0. The van der Waals surface area contributed by atoms with Gasteiger partial charge in [0.1, 0.15) is 12.2 Å². The van der Waals surface area contributed by atoms with Crippen LogP contribution in [0.5, 0.6) is 0 Å². The largest absolute Gasteiger partial charge is 0.468 e. The average Bonchev–Trinajstić information content (AvgIpc) is 2.83. The molecule has 0 fully saturated rings. The lowest BCUT2D eigenvalue weighted by Gasteiger charge is -2.22. The number of carbonyl (C=O) groups excluding carboxylic acids is 2. The molecule has 1 aliphatic rings. The highest BCUT2D eigenvalue weighted by Gasteiger charge is 2.27. The molecule has 3 rings (SSSR count). The van der Waals surface area contributed by atoms with E-state index in [1.54, 1.807) is 9.47 Å². The lowest BCUT2D eigenvalue weighted by atomic mass is 10.0. The molecule has 0 bridgehead atoms. The number of carbonyl (C=O) groups is 2. The molecule has 5 heteroatoms. The van der Waals surface area contributed by atoms with Crippen LogP contribution in [0.3, 0.4) is 0 Å². The van der Waals surface area contributed by atoms with E-state index in [1.807, 2.05) is 31.3 Å². The number of methoxy groups -OCH3 is 1. The van der Waals surface area contributed by atoms with Gasteiger partial charge in [-0.05, 0) is 30.9 Å². The van der Waals surface area contributed by atoms with Crippen LogP contribution in [0.15, 0.2) is 24.3 Å². The fourth-order valence-corrected chi connectivity index (χ4v) is 3.16. The summed E-state index contributed by atoms with van der Waals surface area (Å²) in [7, 11) is 3.18. The smallest absolute Gasteiger partial charge is 0.325 e. The molecule has 1 aromatic heterocycles. The monoisotopic (exact) mass is 300 g/mol. The van der Waals surface area contributed by atoms with Gasteiger partial charge < -0.3 is 14.2 Å². The SMILES string of the molecule is COC(=O)Cn1c2c(c3ccccc31)CCCCN(C)C2=O. The minimum absolute atomic E-state index is 0.0187. The van der Waals surface area contributed by atoms with E-state index in [2.05, 4.69) is 0 Å². The van der Waals surface area contributed by atoms with Crippen molar-refractivity contribution in [2.24, 2.45) is 0 Å². The number of para-hydroxylation sites is 1. The summed E-state index contributed by atoms with van der Waals surface area (Å²) in [4.78, 5) is 26.3. The first-order valence-electron chi connectivity index (χ1n) is 7.56. The predicted molar refractivity (Wildman–Crippen MR) is 83.9 cm³/mol. The van der Waals surface area contributed by atoms with Gasteiger partial charge in [0, 0.05) is 24.5 Å². The zero-order chi connectivity index (χ0) is 15.7. The number of esters is 1. The van der Waals surface area contributed by atoms with Gasteiger partial charge in [-0.25, -0.2) is 0 Å². The van der Waals surface area contributed by atoms with E-state index in [0.717, 1.165) is 42.3 Å². The maximum Gasteiger partial charge on any atom is 0.325 e. The molecule has 0 saturated heterocycles. The Kier molecular flexibility index (Phi) is 3.88. The molecule has 1 amide bonds. The molecule has 1 aliphatic heterocycles. The van der Waals surface area contributed by atoms with Crippen molar-refractivity contribution < 1.29 is 14.3 Å². The van der Waals surface area contributed by atoms with Crippen LogP contribution in [0.4, 0.5) is 0 Å². The molecular formula is C17H20N2O3. The number of hydrogen-bond donors (Lipinski definition) is 0. The number of fused-ring (bicyclic) bond motifs is 3. The highest BCUT2D eigenvalue weighted by atomic mass is 16.5. The number of nitrogens with zero attached hydrogens (tertiary/aromatic N) is 2. The molecule has 0 atom stereocenters. The number of amides is 1. The maximum absolute atomic E-state index is 12.8. The van der Waals surface area contributed by atoms with Crippen molar-refractivity contribution in [1.29, 1.82) is 0 Å². The van der Waals surface area contributed by atoms with Crippen LogP contribution < -0.4 is 0 Å². The van der Waals surface area contributed by atoms with Gasteiger partial charge in [0.05, 0.1) is 7.11 Å². The van der Waals surface area contributed by atoms with Crippen LogP contribution >= 0.6 is 0 Å². The lowest BCUT2D eigenvalue weighted by molar-refractivity contribution is -0.141. The Morgan fingerprint density at radius 2 is 2.05 bits per heavy atom. The summed E-state index contributed by atoms with van der Waals surface area (Å²) in [6.07, 6.45) is 2.90. The number of benzene rings is 1.